The van der Waals surface area contributed by atoms with E-state index in [1.54, 1.807) is 6.07 Å². The smallest absolute Gasteiger partial charge is 0.123 e. The van der Waals surface area contributed by atoms with Gasteiger partial charge in [0, 0.05) is 30.6 Å². The average Bonchev–Trinajstić information content (AvgIpc) is 2.81. The summed E-state index contributed by atoms with van der Waals surface area (Å²) in [5, 5.41) is 0. The Hall–Kier alpha value is -0.740. The van der Waals surface area contributed by atoms with E-state index in [2.05, 4.69) is 11.9 Å². The van der Waals surface area contributed by atoms with Crippen LogP contribution in [0.5, 0.6) is 0 Å². The van der Waals surface area contributed by atoms with Crippen LogP contribution in [-0.2, 0) is 0 Å². The van der Waals surface area contributed by atoms with Gasteiger partial charge in [0.05, 0.1) is 0 Å². The number of rotatable bonds is 3. The highest BCUT2D eigenvalue weighted by Gasteiger charge is 2.22. The van der Waals surface area contributed by atoms with Gasteiger partial charge in [0.1, 0.15) is 5.82 Å². The number of hydrogen-bond acceptors (Lipinski definition) is 3. The molecule has 1 heterocycles. The van der Waals surface area contributed by atoms with Crippen molar-refractivity contribution in [1.29, 1.82) is 0 Å². The largest absolute Gasteiger partial charge is 0.370 e. The van der Waals surface area contributed by atoms with Crippen molar-refractivity contribution < 1.29 is 4.39 Å². The first kappa shape index (κ1) is 12.7. The fourth-order valence-corrected chi connectivity index (χ4v) is 3.50. The van der Waals surface area contributed by atoms with Crippen LogP contribution in [0.4, 0.5) is 10.1 Å². The van der Waals surface area contributed by atoms with Gasteiger partial charge in [-0.3, -0.25) is 0 Å². The average molecular weight is 254 g/mol. The third-order valence-electron chi connectivity index (χ3n) is 3.31. The van der Waals surface area contributed by atoms with Crippen LogP contribution < -0.4 is 10.6 Å². The molecule has 2 nitrogen and oxygen atoms in total. The van der Waals surface area contributed by atoms with Gasteiger partial charge in [-0.1, -0.05) is 0 Å². The Morgan fingerprint density at radius 2 is 2.29 bits per heavy atom. The molecule has 1 aromatic rings. The van der Waals surface area contributed by atoms with Gasteiger partial charge >= 0.3 is 0 Å². The minimum Gasteiger partial charge on any atom is -0.370 e. The number of anilines is 1. The van der Waals surface area contributed by atoms with E-state index in [0.29, 0.717) is 6.04 Å². The lowest BCUT2D eigenvalue weighted by atomic mass is 10.0. The molecule has 1 aliphatic rings. The molecule has 1 aliphatic heterocycles. The third kappa shape index (κ3) is 2.75. The summed E-state index contributed by atoms with van der Waals surface area (Å²) in [5.41, 5.74) is 7.88. The van der Waals surface area contributed by atoms with E-state index in [4.69, 9.17) is 5.73 Å². The zero-order valence-corrected chi connectivity index (χ0v) is 11.1. The van der Waals surface area contributed by atoms with Gasteiger partial charge in [-0.2, -0.15) is 11.8 Å². The minimum atomic E-state index is -0.213. The van der Waals surface area contributed by atoms with Crippen molar-refractivity contribution >= 4 is 17.4 Å². The Bertz CT molecular complexity index is 389. The summed E-state index contributed by atoms with van der Waals surface area (Å²) in [7, 11) is 2.08. The molecule has 0 amide bonds. The molecule has 1 unspecified atom stereocenters. The highest BCUT2D eigenvalue weighted by atomic mass is 32.2. The molecule has 1 aromatic carbocycles. The van der Waals surface area contributed by atoms with E-state index in [1.165, 1.54) is 18.2 Å². The number of nitrogens with two attached hydrogens (primary N) is 1. The topological polar surface area (TPSA) is 29.3 Å². The molecule has 2 N–H and O–H groups in total. The monoisotopic (exact) mass is 254 g/mol. The summed E-state index contributed by atoms with van der Waals surface area (Å²) in [6.45, 7) is 1.90. The van der Waals surface area contributed by atoms with Gasteiger partial charge in [0.2, 0.25) is 0 Å². The predicted octanol–water partition coefficient (Wildman–Crippen LogP) is 2.79. The van der Waals surface area contributed by atoms with Gasteiger partial charge < -0.3 is 10.6 Å². The zero-order chi connectivity index (χ0) is 12.4. The van der Waals surface area contributed by atoms with Gasteiger partial charge in [-0.25, -0.2) is 4.39 Å². The Labute approximate surface area is 106 Å². The van der Waals surface area contributed by atoms with Crippen LogP contribution in [0.1, 0.15) is 24.9 Å². The van der Waals surface area contributed by atoms with E-state index >= 15 is 0 Å². The van der Waals surface area contributed by atoms with Crippen LogP contribution in [0, 0.1) is 5.82 Å². The van der Waals surface area contributed by atoms with Crippen molar-refractivity contribution in [2.24, 2.45) is 5.73 Å². The highest BCUT2D eigenvalue weighted by Crippen LogP contribution is 2.30. The van der Waals surface area contributed by atoms with Crippen LogP contribution in [0.25, 0.3) is 0 Å². The van der Waals surface area contributed by atoms with E-state index < -0.39 is 0 Å². The second kappa shape index (κ2) is 5.27. The molecule has 0 spiro atoms. The Kier molecular flexibility index (Phi) is 3.94. The van der Waals surface area contributed by atoms with E-state index in [1.807, 2.05) is 24.8 Å². The second-order valence-corrected chi connectivity index (χ2v) is 5.77. The second-order valence-electron chi connectivity index (χ2n) is 4.62. The standard InChI is InChI=1S/C13H19FN2S/c1-9(15)12-7-10(14)3-4-13(12)16(2)11-5-6-17-8-11/h3-4,7,9,11H,5-6,8,15H2,1-2H3/t9-,11?/m0/s1. The van der Waals surface area contributed by atoms with Crippen LogP contribution in [0.2, 0.25) is 0 Å². The molecular weight excluding hydrogens is 235 g/mol. The Morgan fingerprint density at radius 1 is 1.53 bits per heavy atom. The van der Waals surface area contributed by atoms with Crippen molar-refractivity contribution in [1.82, 2.24) is 0 Å². The molecule has 4 heteroatoms. The summed E-state index contributed by atoms with van der Waals surface area (Å²) in [4.78, 5) is 2.25. The predicted molar refractivity (Wildman–Crippen MR) is 73.1 cm³/mol. The number of benzene rings is 1. The van der Waals surface area contributed by atoms with Crippen molar-refractivity contribution in [3.8, 4) is 0 Å². The molecular formula is C13H19FN2S. The summed E-state index contributed by atoms with van der Waals surface area (Å²) in [6, 6.07) is 5.32. The number of thioether (sulfide) groups is 1. The maximum atomic E-state index is 13.3. The van der Waals surface area contributed by atoms with Gasteiger partial charge in [-0.15, -0.1) is 0 Å². The van der Waals surface area contributed by atoms with Gasteiger partial charge in [0.25, 0.3) is 0 Å². The highest BCUT2D eigenvalue weighted by molar-refractivity contribution is 7.99. The SMILES string of the molecule is C[C@H](N)c1cc(F)ccc1N(C)C1CCSC1. The van der Waals surface area contributed by atoms with Crippen molar-refractivity contribution in [3.63, 3.8) is 0 Å². The number of halogens is 1. The Balaban J connectivity index is 2.29. The molecule has 0 saturated carbocycles. The maximum absolute atomic E-state index is 13.3. The number of hydrogen-bond donors (Lipinski definition) is 1. The summed E-state index contributed by atoms with van der Waals surface area (Å²) < 4.78 is 13.3. The molecule has 17 heavy (non-hydrogen) atoms. The molecule has 0 aliphatic carbocycles. The van der Waals surface area contributed by atoms with Crippen LogP contribution in [0.15, 0.2) is 18.2 Å². The van der Waals surface area contributed by atoms with Crippen molar-refractivity contribution in [3.05, 3.63) is 29.6 Å². The van der Waals surface area contributed by atoms with E-state index in [-0.39, 0.29) is 11.9 Å². The molecule has 2 atom stereocenters. The molecule has 0 radical (unpaired) electrons. The lowest BCUT2D eigenvalue weighted by Gasteiger charge is -2.29. The third-order valence-corrected chi connectivity index (χ3v) is 4.46. The van der Waals surface area contributed by atoms with Crippen molar-refractivity contribution in [2.45, 2.75) is 25.4 Å². The molecule has 1 fully saturated rings. The van der Waals surface area contributed by atoms with Crippen LogP contribution in [-0.4, -0.2) is 24.6 Å². The lowest BCUT2D eigenvalue weighted by molar-refractivity contribution is 0.619. The lowest BCUT2D eigenvalue weighted by Crippen LogP contribution is -2.32. The maximum Gasteiger partial charge on any atom is 0.123 e. The van der Waals surface area contributed by atoms with Gasteiger partial charge in [0.15, 0.2) is 0 Å². The summed E-state index contributed by atoms with van der Waals surface area (Å²) in [5.74, 6) is 2.14. The van der Waals surface area contributed by atoms with Crippen LogP contribution in [0.3, 0.4) is 0 Å². The van der Waals surface area contributed by atoms with Gasteiger partial charge in [-0.05, 0) is 42.9 Å². The zero-order valence-electron chi connectivity index (χ0n) is 10.3. The normalized spacial score (nSPS) is 21.5. The van der Waals surface area contributed by atoms with Crippen molar-refractivity contribution in [2.75, 3.05) is 23.5 Å². The van der Waals surface area contributed by atoms with Crippen LogP contribution >= 0.6 is 11.8 Å². The molecule has 0 aromatic heterocycles. The summed E-state index contributed by atoms with van der Waals surface area (Å²) >= 11 is 1.98. The summed E-state index contributed by atoms with van der Waals surface area (Å²) in [6.07, 6.45) is 1.19. The minimum absolute atomic E-state index is 0.141. The first-order valence-corrected chi connectivity index (χ1v) is 7.10. The Morgan fingerprint density at radius 3 is 2.88 bits per heavy atom. The first-order valence-electron chi connectivity index (χ1n) is 5.95. The van der Waals surface area contributed by atoms with E-state index in [0.717, 1.165) is 17.0 Å². The molecule has 0 bridgehead atoms. The van der Waals surface area contributed by atoms with E-state index in [9.17, 15) is 4.39 Å². The number of nitrogens with zero attached hydrogens (tertiary/aromatic N) is 1. The fourth-order valence-electron chi connectivity index (χ4n) is 2.24. The fraction of sp³-hybridized carbons (Fsp3) is 0.538. The molecule has 2 rings (SSSR count). The molecule has 1 saturated heterocycles. The molecule has 94 valence electrons. The quantitative estimate of drug-likeness (QED) is 0.899. The first-order chi connectivity index (χ1) is 8.09.